The fourth-order valence-corrected chi connectivity index (χ4v) is 13.4. The first kappa shape index (κ1) is 51.9. The van der Waals surface area contributed by atoms with Crippen molar-refractivity contribution >= 4 is 88.2 Å². The maximum absolute atomic E-state index is 6.84. The summed E-state index contributed by atoms with van der Waals surface area (Å²) >= 11 is 0. The number of fused-ring (bicyclic) bond motifs is 10. The number of benzene rings is 12. The molecule has 0 spiro atoms. The van der Waals surface area contributed by atoms with Gasteiger partial charge in [0.25, 0.3) is 0 Å². The third-order valence-electron chi connectivity index (χ3n) is 17.1. The van der Waals surface area contributed by atoms with Crippen LogP contribution in [0.5, 0.6) is 11.5 Å². The Balaban J connectivity index is 0.00000612. The molecular formula is C79H51N6OPt-3. The molecule has 0 aliphatic carbocycles. The van der Waals surface area contributed by atoms with Gasteiger partial charge in [0.2, 0.25) is 0 Å². The van der Waals surface area contributed by atoms with E-state index in [1.807, 2.05) is 18.2 Å². The Morgan fingerprint density at radius 1 is 0.368 bits per heavy atom. The Bertz CT molecular complexity index is 5060. The molecule has 416 valence electrons. The monoisotopic (exact) mass is 1290 g/mol. The SMILES string of the molecule is Cc1cc(-n2c3[c-]c(Oc4[c-]c(N5[CH-]N(c6c(-c7ccccc7)cccc6-c6ccccc6)c6ccccc65)ccc4)ccc3c3ccccc32)ncc1-c1c(-n2c3ccccc3c3ccccc32)cccc1-n1c2ccccc2c2ccccc21.[Pt]. The average molecular weight is 1300 g/mol. The number of hydrogen-bond donors (Lipinski definition) is 0. The van der Waals surface area contributed by atoms with Gasteiger partial charge in [0.1, 0.15) is 5.82 Å². The van der Waals surface area contributed by atoms with Gasteiger partial charge in [-0.3, -0.25) is 0 Å². The van der Waals surface area contributed by atoms with Gasteiger partial charge >= 0.3 is 0 Å². The van der Waals surface area contributed by atoms with Gasteiger partial charge in [-0.1, -0.05) is 194 Å². The van der Waals surface area contributed by atoms with E-state index in [4.69, 9.17) is 9.72 Å². The molecule has 0 bridgehead atoms. The summed E-state index contributed by atoms with van der Waals surface area (Å²) < 4.78 is 13.9. The molecule has 0 unspecified atom stereocenters. The van der Waals surface area contributed by atoms with Crippen molar-refractivity contribution in [1.82, 2.24) is 18.7 Å². The molecule has 17 rings (SSSR count). The number of para-hydroxylation sites is 8. The smallest absolute Gasteiger partial charge is 0.135 e. The minimum Gasteiger partial charge on any atom is -0.509 e. The largest absolute Gasteiger partial charge is 0.509 e. The predicted octanol–water partition coefficient (Wildman–Crippen LogP) is 20.5. The van der Waals surface area contributed by atoms with E-state index in [0.717, 1.165) is 123 Å². The summed E-state index contributed by atoms with van der Waals surface area (Å²) in [7, 11) is 0. The van der Waals surface area contributed by atoms with Gasteiger partial charge in [0.05, 0.1) is 33.4 Å². The van der Waals surface area contributed by atoms with Crippen molar-refractivity contribution in [3.63, 3.8) is 0 Å². The number of nitrogens with zero attached hydrogens (tertiary/aromatic N) is 6. The third kappa shape index (κ3) is 8.41. The van der Waals surface area contributed by atoms with Crippen LogP contribution in [0, 0.1) is 25.7 Å². The van der Waals surface area contributed by atoms with Crippen molar-refractivity contribution in [3.05, 3.63) is 310 Å². The van der Waals surface area contributed by atoms with Crippen LogP contribution in [0.1, 0.15) is 5.56 Å². The first-order valence-electron chi connectivity index (χ1n) is 29.1. The summed E-state index contributed by atoms with van der Waals surface area (Å²) in [6.45, 7) is 4.40. The van der Waals surface area contributed by atoms with E-state index < -0.39 is 0 Å². The zero-order valence-electron chi connectivity index (χ0n) is 47.1. The summed E-state index contributed by atoms with van der Waals surface area (Å²) in [5, 5.41) is 6.98. The minimum atomic E-state index is 0. The molecular weight excluding hydrogens is 1240 g/mol. The van der Waals surface area contributed by atoms with Crippen LogP contribution in [0.3, 0.4) is 0 Å². The summed E-state index contributed by atoms with van der Waals surface area (Å²) in [5.74, 6) is 1.92. The van der Waals surface area contributed by atoms with Gasteiger partial charge in [-0.25, -0.2) is 4.98 Å². The van der Waals surface area contributed by atoms with Crippen LogP contribution in [-0.2, 0) is 21.1 Å². The number of ether oxygens (including phenoxy) is 1. The van der Waals surface area contributed by atoms with Crippen molar-refractivity contribution in [2.75, 3.05) is 9.80 Å². The third-order valence-corrected chi connectivity index (χ3v) is 17.1. The molecule has 0 amide bonds. The van der Waals surface area contributed by atoms with Gasteiger partial charge in [-0.2, -0.15) is 12.1 Å². The molecule has 1 aliphatic rings. The first-order valence-corrected chi connectivity index (χ1v) is 29.1. The zero-order chi connectivity index (χ0) is 56.8. The van der Waals surface area contributed by atoms with E-state index in [1.54, 1.807) is 0 Å². The molecule has 0 saturated heterocycles. The second-order valence-corrected chi connectivity index (χ2v) is 22.0. The topological polar surface area (TPSA) is 43.4 Å². The Hall–Kier alpha value is -10.7. The number of aromatic nitrogens is 4. The van der Waals surface area contributed by atoms with Crippen molar-refractivity contribution < 1.29 is 25.8 Å². The number of hydrogen-bond acceptors (Lipinski definition) is 4. The molecule has 5 heterocycles. The predicted molar refractivity (Wildman–Crippen MR) is 354 cm³/mol. The molecule has 4 aromatic heterocycles. The quantitative estimate of drug-likeness (QED) is 0.128. The van der Waals surface area contributed by atoms with E-state index >= 15 is 0 Å². The first-order chi connectivity index (χ1) is 42.6. The zero-order valence-corrected chi connectivity index (χ0v) is 49.4. The maximum Gasteiger partial charge on any atom is 0.135 e. The summed E-state index contributed by atoms with van der Waals surface area (Å²) in [6, 6.07) is 106. The Morgan fingerprint density at radius 2 is 0.805 bits per heavy atom. The van der Waals surface area contributed by atoms with Crippen LogP contribution >= 0.6 is 0 Å². The molecule has 12 aromatic carbocycles. The van der Waals surface area contributed by atoms with Gasteiger partial charge in [-0.05, 0) is 89.7 Å². The van der Waals surface area contributed by atoms with E-state index in [9.17, 15) is 0 Å². The van der Waals surface area contributed by atoms with Crippen LogP contribution in [0.2, 0.25) is 0 Å². The molecule has 0 radical (unpaired) electrons. The van der Waals surface area contributed by atoms with E-state index in [-0.39, 0.29) is 21.1 Å². The fourth-order valence-electron chi connectivity index (χ4n) is 13.4. The summed E-state index contributed by atoms with van der Waals surface area (Å²) in [6.07, 6.45) is 2.08. The van der Waals surface area contributed by atoms with Crippen molar-refractivity contribution in [1.29, 1.82) is 0 Å². The van der Waals surface area contributed by atoms with E-state index in [1.165, 1.54) is 21.5 Å². The Labute approximate surface area is 517 Å². The van der Waals surface area contributed by atoms with Crippen molar-refractivity contribution in [2.24, 2.45) is 0 Å². The fraction of sp³-hybridized carbons (Fsp3) is 0.0127. The molecule has 7 nitrogen and oxygen atoms in total. The number of aryl methyl sites for hydroxylation is 1. The van der Waals surface area contributed by atoms with Crippen LogP contribution in [0.25, 0.3) is 116 Å². The molecule has 0 fully saturated rings. The van der Waals surface area contributed by atoms with Crippen LogP contribution in [0.15, 0.2) is 285 Å². The molecule has 87 heavy (non-hydrogen) atoms. The molecule has 8 heteroatoms. The van der Waals surface area contributed by atoms with E-state index in [0.29, 0.717) is 11.5 Å². The minimum absolute atomic E-state index is 0. The molecule has 0 N–H and O–H groups in total. The normalized spacial score (nSPS) is 12.2. The summed E-state index contributed by atoms with van der Waals surface area (Å²) in [4.78, 5) is 10.00. The Morgan fingerprint density at radius 3 is 1.34 bits per heavy atom. The molecule has 1 aliphatic heterocycles. The molecule has 0 atom stereocenters. The van der Waals surface area contributed by atoms with Crippen molar-refractivity contribution in [2.45, 2.75) is 6.92 Å². The summed E-state index contributed by atoms with van der Waals surface area (Å²) in [5.41, 5.74) is 20.4. The standard InChI is InChI=1S/C79H51N6O.Pt/c1-52-47-77(80-50-66(52)78-74(83-67-36-13-8-29-60(67)61-30-9-14-37-68(61)83)43-22-44-75(78)84-69-38-15-10-31-62(69)63-32-11-16-39-70(63)84)85-71-40-17-12-33-64(71)65-46-45-57(49-76(65)85)86-56-28-20-27-55(48-56)81-51-82(73-42-19-18-41-72(73)81)79-58(53-23-4-2-5-24-53)34-21-35-59(79)54-25-6-3-7-26-54;/h2-47,50-51H,1H3;/q-3;. The number of pyridine rings is 1. The van der Waals surface area contributed by atoms with E-state index in [2.05, 4.69) is 316 Å². The molecule has 16 aromatic rings. The number of anilines is 4. The average Bonchev–Trinajstić information content (AvgIpc) is 2.10. The Kier molecular flexibility index (Phi) is 12.6. The number of rotatable bonds is 10. The van der Waals surface area contributed by atoms with Crippen LogP contribution in [-0.4, -0.2) is 18.7 Å². The van der Waals surface area contributed by atoms with Crippen molar-refractivity contribution in [3.8, 4) is 62.1 Å². The van der Waals surface area contributed by atoms with Crippen LogP contribution in [0.4, 0.5) is 22.7 Å². The van der Waals surface area contributed by atoms with Gasteiger partial charge in [-0.15, -0.1) is 48.1 Å². The van der Waals surface area contributed by atoms with Gasteiger partial charge in [0.15, 0.2) is 0 Å². The molecule has 0 saturated carbocycles. The second kappa shape index (κ2) is 21.1. The maximum atomic E-state index is 6.84. The van der Waals surface area contributed by atoms with Crippen LogP contribution < -0.4 is 14.5 Å². The van der Waals surface area contributed by atoms with Gasteiger partial charge < -0.3 is 28.2 Å². The van der Waals surface area contributed by atoms with Gasteiger partial charge in [0, 0.05) is 105 Å². The second-order valence-electron chi connectivity index (χ2n) is 22.0.